The Morgan fingerprint density at radius 2 is 2.00 bits per heavy atom. The molecule has 3 aromatic rings. The van der Waals surface area contributed by atoms with Crippen molar-refractivity contribution in [1.82, 2.24) is 29.5 Å². The molecule has 0 aromatic carbocycles. The maximum absolute atomic E-state index is 12.2. The lowest BCUT2D eigenvalue weighted by Crippen LogP contribution is -2.23. The van der Waals surface area contributed by atoms with Gasteiger partial charge in [0, 0.05) is 23.8 Å². The van der Waals surface area contributed by atoms with E-state index in [0.29, 0.717) is 10.9 Å². The van der Waals surface area contributed by atoms with E-state index in [1.807, 2.05) is 19.9 Å². The number of aromatic nitrogens is 6. The van der Waals surface area contributed by atoms with Crippen LogP contribution in [0.25, 0.3) is 5.78 Å². The zero-order valence-electron chi connectivity index (χ0n) is 12.9. The van der Waals surface area contributed by atoms with Crippen LogP contribution < -0.4 is 5.32 Å². The number of anilines is 1. The second kappa shape index (κ2) is 6.29. The molecule has 1 atom stereocenters. The molecular formula is C14H15N7OS. The van der Waals surface area contributed by atoms with Gasteiger partial charge in [-0.3, -0.25) is 10.1 Å². The van der Waals surface area contributed by atoms with Gasteiger partial charge in [0.15, 0.2) is 0 Å². The summed E-state index contributed by atoms with van der Waals surface area (Å²) >= 11 is 1.26. The molecule has 0 bridgehead atoms. The Morgan fingerprint density at radius 3 is 2.74 bits per heavy atom. The molecule has 3 heterocycles. The van der Waals surface area contributed by atoms with Gasteiger partial charge in [-0.1, -0.05) is 11.8 Å². The van der Waals surface area contributed by atoms with Gasteiger partial charge in [0.2, 0.25) is 17.0 Å². The summed E-state index contributed by atoms with van der Waals surface area (Å²) in [6, 6.07) is 3.62. The lowest BCUT2D eigenvalue weighted by Gasteiger charge is -2.08. The smallest absolute Gasteiger partial charge is 0.253 e. The van der Waals surface area contributed by atoms with Crippen molar-refractivity contribution in [2.24, 2.45) is 0 Å². The SMILES string of the molecule is Cc1cc(C)n2nc(SC(C)C(=O)Nc3ncccn3)nc2n1. The fraction of sp³-hybridized carbons (Fsp3) is 0.286. The van der Waals surface area contributed by atoms with Crippen molar-refractivity contribution < 1.29 is 4.79 Å². The van der Waals surface area contributed by atoms with Crippen molar-refractivity contribution in [1.29, 1.82) is 0 Å². The summed E-state index contributed by atoms with van der Waals surface area (Å²) in [6.45, 7) is 5.62. The van der Waals surface area contributed by atoms with Gasteiger partial charge in [-0.25, -0.2) is 19.5 Å². The van der Waals surface area contributed by atoms with Crippen LogP contribution in [-0.4, -0.2) is 40.7 Å². The number of carbonyl (C=O) groups is 1. The lowest BCUT2D eigenvalue weighted by molar-refractivity contribution is -0.115. The predicted molar refractivity (Wildman–Crippen MR) is 86.2 cm³/mol. The fourth-order valence-electron chi connectivity index (χ4n) is 1.98. The van der Waals surface area contributed by atoms with E-state index < -0.39 is 5.25 Å². The summed E-state index contributed by atoms with van der Waals surface area (Å²) < 4.78 is 1.67. The van der Waals surface area contributed by atoms with E-state index in [1.54, 1.807) is 29.9 Å². The van der Waals surface area contributed by atoms with Gasteiger partial charge < -0.3 is 0 Å². The minimum absolute atomic E-state index is 0.207. The Hall–Kier alpha value is -2.55. The minimum Gasteiger partial charge on any atom is -0.294 e. The zero-order valence-corrected chi connectivity index (χ0v) is 13.7. The molecule has 23 heavy (non-hydrogen) atoms. The first-order valence-electron chi connectivity index (χ1n) is 6.98. The van der Waals surface area contributed by atoms with E-state index in [1.165, 1.54) is 11.8 Å². The Balaban J connectivity index is 1.73. The third kappa shape index (κ3) is 3.45. The van der Waals surface area contributed by atoms with Gasteiger partial charge >= 0.3 is 0 Å². The molecule has 0 aliphatic rings. The van der Waals surface area contributed by atoms with Crippen molar-refractivity contribution >= 4 is 29.4 Å². The number of aryl methyl sites for hydroxylation is 2. The Morgan fingerprint density at radius 1 is 1.26 bits per heavy atom. The highest BCUT2D eigenvalue weighted by Crippen LogP contribution is 2.21. The van der Waals surface area contributed by atoms with Crippen LogP contribution in [0.4, 0.5) is 5.95 Å². The molecule has 3 aromatic heterocycles. The summed E-state index contributed by atoms with van der Waals surface area (Å²) in [4.78, 5) is 28.8. The third-order valence-electron chi connectivity index (χ3n) is 3.05. The van der Waals surface area contributed by atoms with Crippen molar-refractivity contribution in [3.05, 3.63) is 35.9 Å². The summed E-state index contributed by atoms with van der Waals surface area (Å²) in [7, 11) is 0. The van der Waals surface area contributed by atoms with Crippen molar-refractivity contribution in [3.8, 4) is 0 Å². The van der Waals surface area contributed by atoms with Gasteiger partial charge in [-0.2, -0.15) is 4.98 Å². The van der Waals surface area contributed by atoms with E-state index in [0.717, 1.165) is 11.4 Å². The standard InChI is InChI=1S/C14H15N7OS/c1-8-7-9(2)21-13(17-8)19-14(20-21)23-10(3)11(22)18-12-15-5-4-6-16-12/h4-7,10H,1-3H3,(H,15,16,18,22). The maximum atomic E-state index is 12.2. The van der Waals surface area contributed by atoms with E-state index in [4.69, 9.17) is 0 Å². The average Bonchev–Trinajstić information content (AvgIpc) is 2.91. The maximum Gasteiger partial charge on any atom is 0.253 e. The lowest BCUT2D eigenvalue weighted by atomic mass is 10.4. The van der Waals surface area contributed by atoms with Crippen LogP contribution in [0.15, 0.2) is 29.7 Å². The first-order valence-corrected chi connectivity index (χ1v) is 7.86. The summed E-state index contributed by atoms with van der Waals surface area (Å²) in [5, 5.41) is 7.15. The Kier molecular flexibility index (Phi) is 4.20. The second-order valence-electron chi connectivity index (χ2n) is 4.97. The van der Waals surface area contributed by atoms with Crippen LogP contribution in [0.1, 0.15) is 18.3 Å². The summed E-state index contributed by atoms with van der Waals surface area (Å²) in [5.41, 5.74) is 1.83. The van der Waals surface area contributed by atoms with Crippen LogP contribution in [0, 0.1) is 13.8 Å². The highest BCUT2D eigenvalue weighted by molar-refractivity contribution is 8.00. The Labute approximate surface area is 136 Å². The monoisotopic (exact) mass is 329 g/mol. The molecular weight excluding hydrogens is 314 g/mol. The number of rotatable bonds is 4. The topological polar surface area (TPSA) is 98.0 Å². The molecule has 118 valence electrons. The number of hydrogen-bond donors (Lipinski definition) is 1. The number of thioether (sulfide) groups is 1. The molecule has 8 nitrogen and oxygen atoms in total. The van der Waals surface area contributed by atoms with Crippen LogP contribution >= 0.6 is 11.8 Å². The molecule has 9 heteroatoms. The normalized spacial score (nSPS) is 12.3. The highest BCUT2D eigenvalue weighted by Gasteiger charge is 2.19. The van der Waals surface area contributed by atoms with Gasteiger partial charge in [0.1, 0.15) is 0 Å². The first-order chi connectivity index (χ1) is 11.0. The molecule has 1 amide bonds. The van der Waals surface area contributed by atoms with Gasteiger partial charge in [-0.05, 0) is 32.9 Å². The van der Waals surface area contributed by atoms with E-state index in [9.17, 15) is 4.79 Å². The Bertz CT molecular complexity index is 849. The molecule has 0 saturated heterocycles. The summed E-state index contributed by atoms with van der Waals surface area (Å²) in [6.07, 6.45) is 3.14. The number of carbonyl (C=O) groups excluding carboxylic acids is 1. The van der Waals surface area contributed by atoms with Crippen LogP contribution in [0.5, 0.6) is 0 Å². The van der Waals surface area contributed by atoms with Crippen molar-refractivity contribution in [2.45, 2.75) is 31.2 Å². The van der Waals surface area contributed by atoms with Crippen LogP contribution in [0.3, 0.4) is 0 Å². The quantitative estimate of drug-likeness (QED) is 0.727. The van der Waals surface area contributed by atoms with Crippen molar-refractivity contribution in [3.63, 3.8) is 0 Å². The second-order valence-corrected chi connectivity index (χ2v) is 6.27. The summed E-state index contributed by atoms with van der Waals surface area (Å²) in [5.74, 6) is 0.603. The molecule has 0 aliphatic heterocycles. The third-order valence-corrected chi connectivity index (χ3v) is 4.00. The molecule has 3 rings (SSSR count). The molecule has 1 unspecified atom stereocenters. The number of fused-ring (bicyclic) bond motifs is 1. The molecule has 0 radical (unpaired) electrons. The van der Waals surface area contributed by atoms with Crippen LogP contribution in [-0.2, 0) is 4.79 Å². The van der Waals surface area contributed by atoms with E-state index in [2.05, 4.69) is 30.4 Å². The van der Waals surface area contributed by atoms with Gasteiger partial charge in [-0.15, -0.1) is 5.10 Å². The number of amides is 1. The fourth-order valence-corrected chi connectivity index (χ4v) is 2.73. The average molecular weight is 329 g/mol. The van der Waals surface area contributed by atoms with Gasteiger partial charge in [0.25, 0.3) is 5.78 Å². The van der Waals surface area contributed by atoms with Crippen molar-refractivity contribution in [2.75, 3.05) is 5.32 Å². The minimum atomic E-state index is -0.391. The van der Waals surface area contributed by atoms with E-state index in [-0.39, 0.29) is 11.9 Å². The molecule has 0 saturated carbocycles. The highest BCUT2D eigenvalue weighted by atomic mass is 32.2. The largest absolute Gasteiger partial charge is 0.294 e. The number of hydrogen-bond acceptors (Lipinski definition) is 7. The molecule has 0 aliphatic carbocycles. The number of nitrogens with zero attached hydrogens (tertiary/aromatic N) is 6. The van der Waals surface area contributed by atoms with E-state index >= 15 is 0 Å². The van der Waals surface area contributed by atoms with Gasteiger partial charge in [0.05, 0.1) is 5.25 Å². The molecule has 1 N–H and O–H groups in total. The number of nitrogens with one attached hydrogen (secondary N) is 1. The predicted octanol–water partition coefficient (Wildman–Crippen LogP) is 1.65. The van der Waals surface area contributed by atoms with Crippen LogP contribution in [0.2, 0.25) is 0 Å². The molecule has 0 fully saturated rings. The molecule has 0 spiro atoms. The zero-order chi connectivity index (χ0) is 16.4. The first kappa shape index (κ1) is 15.3.